The van der Waals surface area contributed by atoms with E-state index in [2.05, 4.69) is 10.6 Å². The van der Waals surface area contributed by atoms with Gasteiger partial charge in [-0.25, -0.2) is 4.79 Å². The average molecular weight is 420 g/mol. The Morgan fingerprint density at radius 2 is 1.74 bits per heavy atom. The molecule has 160 valence electrons. The fourth-order valence-electron chi connectivity index (χ4n) is 4.31. The van der Waals surface area contributed by atoms with Crippen LogP contribution in [0.3, 0.4) is 0 Å². The maximum atomic E-state index is 13.3. The number of hydrogen-bond donors (Lipinski definition) is 2. The number of nitrogens with one attached hydrogen (secondary N) is 2. The minimum atomic E-state index is -1.20. The molecule has 1 saturated heterocycles. The summed E-state index contributed by atoms with van der Waals surface area (Å²) in [5.41, 5.74) is 0.546. The molecule has 2 N–H and O–H groups in total. The maximum Gasteiger partial charge on any atom is 0.325 e. The van der Waals surface area contributed by atoms with Gasteiger partial charge in [0.1, 0.15) is 12.1 Å². The Hall–Kier alpha value is -3.68. The Morgan fingerprint density at radius 3 is 2.45 bits per heavy atom. The number of amides is 5. The topological polar surface area (TPSA) is 98.8 Å². The minimum absolute atomic E-state index is 0.115. The molecule has 4 rings (SSSR count). The zero-order chi connectivity index (χ0) is 22.2. The van der Waals surface area contributed by atoms with Crippen molar-refractivity contribution in [2.75, 3.05) is 16.8 Å². The number of rotatable bonds is 4. The van der Waals surface area contributed by atoms with Crippen LogP contribution in [0.25, 0.3) is 0 Å². The van der Waals surface area contributed by atoms with Crippen LogP contribution in [0.15, 0.2) is 54.6 Å². The van der Waals surface area contributed by atoms with Crippen LogP contribution in [0.5, 0.6) is 0 Å². The van der Waals surface area contributed by atoms with Gasteiger partial charge in [0.2, 0.25) is 11.8 Å². The first-order chi connectivity index (χ1) is 14.9. The number of nitrogens with zero attached hydrogens (tertiary/aromatic N) is 2. The second-order valence-corrected chi connectivity index (χ2v) is 7.83. The summed E-state index contributed by atoms with van der Waals surface area (Å²) in [5, 5.41) is 5.59. The van der Waals surface area contributed by atoms with Gasteiger partial charge in [-0.3, -0.25) is 19.3 Å². The molecule has 2 aromatic rings. The number of para-hydroxylation sites is 2. The molecular weight excluding hydrogens is 396 g/mol. The van der Waals surface area contributed by atoms with Crippen LogP contribution >= 0.6 is 0 Å². The first kappa shape index (κ1) is 20.6. The van der Waals surface area contributed by atoms with Crippen molar-refractivity contribution in [2.45, 2.75) is 38.3 Å². The third-order valence-electron chi connectivity index (χ3n) is 5.89. The van der Waals surface area contributed by atoms with Crippen molar-refractivity contribution in [2.24, 2.45) is 0 Å². The Morgan fingerprint density at radius 1 is 1.06 bits per heavy atom. The Balaban J connectivity index is 1.64. The monoisotopic (exact) mass is 420 g/mol. The van der Waals surface area contributed by atoms with Gasteiger partial charge in [-0.05, 0) is 31.0 Å². The van der Waals surface area contributed by atoms with Crippen molar-refractivity contribution >= 4 is 35.1 Å². The van der Waals surface area contributed by atoms with Gasteiger partial charge in [0.15, 0.2) is 0 Å². The van der Waals surface area contributed by atoms with Gasteiger partial charge in [-0.1, -0.05) is 49.4 Å². The summed E-state index contributed by atoms with van der Waals surface area (Å²) in [5.74, 6) is -1.08. The highest BCUT2D eigenvalue weighted by atomic mass is 16.2. The van der Waals surface area contributed by atoms with E-state index in [-0.39, 0.29) is 12.3 Å². The molecule has 2 aliphatic heterocycles. The second kappa shape index (κ2) is 7.86. The molecule has 2 heterocycles. The summed E-state index contributed by atoms with van der Waals surface area (Å²) in [6, 6.07) is 15.0. The number of benzene rings is 2. The fraction of sp³-hybridized carbons (Fsp3) is 0.304. The van der Waals surface area contributed by atoms with E-state index in [1.54, 1.807) is 55.5 Å². The molecular formula is C23H24N4O4. The number of urea groups is 1. The predicted molar refractivity (Wildman–Crippen MR) is 115 cm³/mol. The molecule has 0 spiro atoms. The highest BCUT2D eigenvalue weighted by Crippen LogP contribution is 2.34. The number of anilines is 2. The molecule has 8 nitrogen and oxygen atoms in total. The molecule has 0 bridgehead atoms. The van der Waals surface area contributed by atoms with Gasteiger partial charge in [-0.2, -0.15) is 0 Å². The molecule has 2 aromatic carbocycles. The van der Waals surface area contributed by atoms with Gasteiger partial charge >= 0.3 is 6.03 Å². The maximum absolute atomic E-state index is 13.3. The van der Waals surface area contributed by atoms with Crippen molar-refractivity contribution in [1.82, 2.24) is 10.2 Å². The lowest BCUT2D eigenvalue weighted by Crippen LogP contribution is -2.48. The van der Waals surface area contributed by atoms with E-state index in [9.17, 15) is 19.2 Å². The zero-order valence-electron chi connectivity index (χ0n) is 17.4. The number of fused-ring (bicyclic) bond motifs is 1. The SMILES string of the molecule is CC[C@@]1(c2ccccc2)NC(=O)N(CC(=O)N2c3ccccc3NC(=O)C[C@H]2C)C1=O. The van der Waals surface area contributed by atoms with Crippen molar-refractivity contribution < 1.29 is 19.2 Å². The van der Waals surface area contributed by atoms with E-state index in [0.717, 1.165) is 4.90 Å². The molecule has 1 fully saturated rings. The van der Waals surface area contributed by atoms with E-state index in [1.165, 1.54) is 4.90 Å². The molecule has 0 saturated carbocycles. The second-order valence-electron chi connectivity index (χ2n) is 7.83. The molecule has 2 atom stereocenters. The van der Waals surface area contributed by atoms with Gasteiger partial charge in [0.25, 0.3) is 5.91 Å². The van der Waals surface area contributed by atoms with Crippen LogP contribution in [0, 0.1) is 0 Å². The van der Waals surface area contributed by atoms with Crippen molar-refractivity contribution in [1.29, 1.82) is 0 Å². The summed E-state index contributed by atoms with van der Waals surface area (Å²) in [6.07, 6.45) is 0.469. The molecule has 0 aromatic heterocycles. The quantitative estimate of drug-likeness (QED) is 0.743. The number of carbonyl (C=O) groups is 4. The Kier molecular flexibility index (Phi) is 5.22. The minimum Gasteiger partial charge on any atom is -0.324 e. The number of carbonyl (C=O) groups excluding carboxylic acids is 4. The highest BCUT2D eigenvalue weighted by Gasteiger charge is 2.52. The van der Waals surface area contributed by atoms with Crippen LogP contribution in [-0.4, -0.2) is 41.2 Å². The number of imide groups is 1. The molecule has 5 amide bonds. The third-order valence-corrected chi connectivity index (χ3v) is 5.89. The molecule has 0 unspecified atom stereocenters. The first-order valence-electron chi connectivity index (χ1n) is 10.3. The summed E-state index contributed by atoms with van der Waals surface area (Å²) < 4.78 is 0. The van der Waals surface area contributed by atoms with Gasteiger partial charge in [0, 0.05) is 12.5 Å². The number of hydrogen-bond acceptors (Lipinski definition) is 4. The lowest BCUT2D eigenvalue weighted by Gasteiger charge is -2.29. The van der Waals surface area contributed by atoms with Crippen LogP contribution in [-0.2, 0) is 19.9 Å². The fourth-order valence-corrected chi connectivity index (χ4v) is 4.31. The van der Waals surface area contributed by atoms with Crippen molar-refractivity contribution in [3.05, 3.63) is 60.2 Å². The van der Waals surface area contributed by atoms with Crippen molar-refractivity contribution in [3.63, 3.8) is 0 Å². The molecule has 8 heteroatoms. The largest absolute Gasteiger partial charge is 0.325 e. The molecule has 2 aliphatic rings. The van der Waals surface area contributed by atoms with Crippen LogP contribution in [0.1, 0.15) is 32.3 Å². The van der Waals surface area contributed by atoms with E-state index in [4.69, 9.17) is 0 Å². The lowest BCUT2D eigenvalue weighted by atomic mass is 9.87. The highest BCUT2D eigenvalue weighted by molar-refractivity contribution is 6.12. The summed E-state index contributed by atoms with van der Waals surface area (Å²) >= 11 is 0. The smallest absolute Gasteiger partial charge is 0.324 e. The Labute approximate surface area is 180 Å². The third kappa shape index (κ3) is 3.43. The van der Waals surface area contributed by atoms with E-state index in [1.807, 2.05) is 13.0 Å². The van der Waals surface area contributed by atoms with Crippen LogP contribution in [0.2, 0.25) is 0 Å². The predicted octanol–water partition coefficient (Wildman–Crippen LogP) is 2.61. The molecule has 31 heavy (non-hydrogen) atoms. The van der Waals surface area contributed by atoms with Crippen LogP contribution in [0.4, 0.5) is 16.2 Å². The van der Waals surface area contributed by atoms with Crippen LogP contribution < -0.4 is 15.5 Å². The molecule has 0 radical (unpaired) electrons. The zero-order valence-corrected chi connectivity index (χ0v) is 17.4. The molecule has 0 aliphatic carbocycles. The summed E-state index contributed by atoms with van der Waals surface area (Å²) in [6.45, 7) is 3.18. The standard InChI is InChI=1S/C23H24N4O4/c1-3-23(16-9-5-4-6-10-16)21(30)26(22(31)25-23)14-20(29)27-15(2)13-19(28)24-17-11-7-8-12-18(17)27/h4-12,15H,3,13-14H2,1-2H3,(H,24,28)(H,25,31)/t15-,23+/m1/s1. The average Bonchev–Trinajstić information content (AvgIpc) is 2.92. The Bertz CT molecular complexity index is 1050. The summed E-state index contributed by atoms with van der Waals surface area (Å²) in [4.78, 5) is 54.1. The van der Waals surface area contributed by atoms with Gasteiger partial charge < -0.3 is 15.5 Å². The normalized spacial score (nSPS) is 23.2. The van der Waals surface area contributed by atoms with E-state index >= 15 is 0 Å². The van der Waals surface area contributed by atoms with Gasteiger partial charge in [-0.15, -0.1) is 0 Å². The summed E-state index contributed by atoms with van der Waals surface area (Å²) in [7, 11) is 0. The first-order valence-corrected chi connectivity index (χ1v) is 10.3. The van der Waals surface area contributed by atoms with Crippen molar-refractivity contribution in [3.8, 4) is 0 Å². The van der Waals surface area contributed by atoms with E-state index in [0.29, 0.717) is 23.4 Å². The van der Waals surface area contributed by atoms with E-state index < -0.39 is 36.0 Å². The lowest BCUT2D eigenvalue weighted by molar-refractivity contribution is -0.135. The van der Waals surface area contributed by atoms with Gasteiger partial charge in [0.05, 0.1) is 11.4 Å².